The zero-order valence-electron chi connectivity index (χ0n) is 7.37. The molecular formula is C11H15NOS. The van der Waals surface area contributed by atoms with Gasteiger partial charge in [0.15, 0.2) is 0 Å². The van der Waals surface area contributed by atoms with Crippen molar-refractivity contribution in [1.82, 2.24) is 4.98 Å². The summed E-state index contributed by atoms with van der Waals surface area (Å²) in [6.07, 6.45) is 3.01. The summed E-state index contributed by atoms with van der Waals surface area (Å²) >= 11 is 3.83. The highest BCUT2D eigenvalue weighted by atomic mass is 32.1. The van der Waals surface area contributed by atoms with Crippen molar-refractivity contribution in [1.29, 1.82) is 0 Å². The Balaban J connectivity index is 0.000000980. The maximum atomic E-state index is 5.00. The average Bonchev–Trinajstić information content (AvgIpc) is 2.60. The second-order valence-corrected chi connectivity index (χ2v) is 3.12. The van der Waals surface area contributed by atoms with E-state index in [9.17, 15) is 0 Å². The van der Waals surface area contributed by atoms with Gasteiger partial charge in [-0.3, -0.25) is 0 Å². The molecule has 1 aromatic carbocycles. The van der Waals surface area contributed by atoms with Crippen LogP contribution in [-0.4, -0.2) is 4.98 Å². The number of H-pyrrole nitrogens is 1. The van der Waals surface area contributed by atoms with Gasteiger partial charge in [0, 0.05) is 30.0 Å². The van der Waals surface area contributed by atoms with Crippen molar-refractivity contribution in [2.75, 3.05) is 0 Å². The molecule has 0 aliphatic heterocycles. The highest BCUT2D eigenvalue weighted by Gasteiger charge is 2.06. The largest absolute Gasteiger partial charge is 0.428 e. The number of fused-ring (bicyclic) bond motifs is 1. The van der Waals surface area contributed by atoms with Crippen molar-refractivity contribution in [3.63, 3.8) is 0 Å². The van der Waals surface area contributed by atoms with E-state index in [1.807, 2.05) is 24.4 Å². The molecule has 0 fully saturated rings. The van der Waals surface area contributed by atoms with Crippen molar-refractivity contribution in [3.8, 4) is 5.75 Å². The molecule has 1 heterocycles. The molecule has 1 aromatic heterocycles. The smallest absolute Gasteiger partial charge is 0.146 e. The third-order valence-electron chi connectivity index (χ3n) is 2.23. The molecule has 0 saturated heterocycles. The summed E-state index contributed by atoms with van der Waals surface area (Å²) in [6, 6.07) is 5.90. The van der Waals surface area contributed by atoms with Gasteiger partial charge in [-0.05, 0) is 24.1 Å². The van der Waals surface area contributed by atoms with Crippen molar-refractivity contribution in [2.45, 2.75) is 20.8 Å². The minimum atomic E-state index is 0. The molecule has 76 valence electrons. The van der Waals surface area contributed by atoms with Crippen LogP contribution in [0.1, 0.15) is 19.9 Å². The van der Waals surface area contributed by atoms with E-state index in [-0.39, 0.29) is 7.43 Å². The molecule has 0 saturated carbocycles. The van der Waals surface area contributed by atoms with E-state index >= 15 is 0 Å². The number of nitrogens with one attached hydrogen (secondary N) is 1. The van der Waals surface area contributed by atoms with Crippen LogP contribution in [0, 0.1) is 0 Å². The summed E-state index contributed by atoms with van der Waals surface area (Å²) in [4.78, 5) is 3.20. The Hall–Kier alpha value is -1.09. The zero-order chi connectivity index (χ0) is 9.26. The van der Waals surface area contributed by atoms with Gasteiger partial charge in [-0.25, -0.2) is 0 Å². The summed E-state index contributed by atoms with van der Waals surface area (Å²) in [5, 5.41) is 1.14. The maximum Gasteiger partial charge on any atom is 0.146 e. The first kappa shape index (κ1) is 11.0. The Morgan fingerprint density at radius 3 is 2.86 bits per heavy atom. The van der Waals surface area contributed by atoms with Gasteiger partial charge in [0.25, 0.3) is 0 Å². The maximum absolute atomic E-state index is 5.00. The van der Waals surface area contributed by atoms with Gasteiger partial charge in [0.05, 0.1) is 0 Å². The Kier molecular flexibility index (Phi) is 3.47. The highest BCUT2D eigenvalue weighted by molar-refractivity contribution is 7.75. The fraction of sp³-hybridized carbons (Fsp3) is 0.273. The topological polar surface area (TPSA) is 25.0 Å². The molecule has 0 bridgehead atoms. The van der Waals surface area contributed by atoms with Crippen LogP contribution in [0.3, 0.4) is 0 Å². The summed E-state index contributed by atoms with van der Waals surface area (Å²) in [5.74, 6) is 0.818. The Bertz CT molecular complexity index is 422. The standard InChI is InChI=1S/C10H11NOS.CH4/c1-2-7-6-11-8-4-3-5-9(12-13)10(7)8;/h3-6,11,13H,2H2,1H3;1H4. The van der Waals surface area contributed by atoms with E-state index in [0.29, 0.717) is 0 Å². The number of benzene rings is 1. The van der Waals surface area contributed by atoms with Crippen molar-refractivity contribution in [3.05, 3.63) is 30.0 Å². The molecule has 14 heavy (non-hydrogen) atoms. The second-order valence-electron chi connectivity index (χ2n) is 2.94. The third-order valence-corrected chi connectivity index (χ3v) is 2.43. The van der Waals surface area contributed by atoms with Gasteiger partial charge in [0.2, 0.25) is 0 Å². The van der Waals surface area contributed by atoms with Crippen LogP contribution < -0.4 is 4.18 Å². The molecule has 0 spiro atoms. The van der Waals surface area contributed by atoms with E-state index in [4.69, 9.17) is 4.18 Å². The minimum absolute atomic E-state index is 0. The van der Waals surface area contributed by atoms with Crippen LogP contribution in [0.2, 0.25) is 0 Å². The third kappa shape index (κ3) is 1.60. The van der Waals surface area contributed by atoms with Crippen LogP contribution in [0.25, 0.3) is 10.9 Å². The lowest BCUT2D eigenvalue weighted by Gasteiger charge is -2.01. The summed E-state index contributed by atoms with van der Waals surface area (Å²) in [5.41, 5.74) is 2.36. The molecule has 2 aromatic rings. The molecule has 1 N–H and O–H groups in total. The molecule has 2 rings (SSSR count). The zero-order valence-corrected chi connectivity index (χ0v) is 8.27. The molecular weight excluding hydrogens is 194 g/mol. The SMILES string of the molecule is C.CCc1c[nH]c2cccc(OS)c12. The van der Waals surface area contributed by atoms with E-state index < -0.39 is 0 Å². The van der Waals surface area contributed by atoms with E-state index in [1.165, 1.54) is 5.56 Å². The average molecular weight is 209 g/mol. The van der Waals surface area contributed by atoms with Crippen molar-refractivity contribution >= 4 is 23.8 Å². The van der Waals surface area contributed by atoms with Gasteiger partial charge in [-0.15, -0.1) is 0 Å². The molecule has 0 radical (unpaired) electrons. The first-order chi connectivity index (χ1) is 6.36. The molecule has 0 unspecified atom stereocenters. The van der Waals surface area contributed by atoms with E-state index in [2.05, 4.69) is 24.8 Å². The lowest BCUT2D eigenvalue weighted by Crippen LogP contribution is -1.80. The monoisotopic (exact) mass is 209 g/mol. The Morgan fingerprint density at radius 1 is 1.43 bits per heavy atom. The summed E-state index contributed by atoms with van der Waals surface area (Å²) in [7, 11) is 0. The Morgan fingerprint density at radius 2 is 2.21 bits per heavy atom. The van der Waals surface area contributed by atoms with Crippen LogP contribution >= 0.6 is 12.9 Å². The molecule has 0 atom stereocenters. The van der Waals surface area contributed by atoms with Gasteiger partial charge >= 0.3 is 0 Å². The van der Waals surface area contributed by atoms with Gasteiger partial charge in [-0.2, -0.15) is 0 Å². The first-order valence-corrected chi connectivity index (χ1v) is 4.63. The molecule has 0 aliphatic rings. The highest BCUT2D eigenvalue weighted by Crippen LogP contribution is 2.29. The number of aromatic nitrogens is 1. The number of hydrogen-bond acceptors (Lipinski definition) is 2. The molecule has 2 nitrogen and oxygen atoms in total. The normalized spacial score (nSPS) is 9.86. The van der Waals surface area contributed by atoms with Crippen molar-refractivity contribution < 1.29 is 4.18 Å². The Labute approximate surface area is 89.9 Å². The lowest BCUT2D eigenvalue weighted by atomic mass is 10.1. The number of thiol groups is 1. The van der Waals surface area contributed by atoms with Crippen LogP contribution in [-0.2, 0) is 6.42 Å². The van der Waals surface area contributed by atoms with Crippen LogP contribution in [0.5, 0.6) is 5.75 Å². The van der Waals surface area contributed by atoms with Crippen LogP contribution in [0.15, 0.2) is 24.4 Å². The predicted octanol–water partition coefficient (Wildman–Crippen LogP) is 3.59. The van der Waals surface area contributed by atoms with Crippen LogP contribution in [0.4, 0.5) is 0 Å². The fourth-order valence-electron chi connectivity index (χ4n) is 1.57. The minimum Gasteiger partial charge on any atom is -0.428 e. The molecule has 0 amide bonds. The van der Waals surface area contributed by atoms with Gasteiger partial charge in [-0.1, -0.05) is 20.4 Å². The predicted molar refractivity (Wildman–Crippen MR) is 64.0 cm³/mol. The number of aryl methyl sites for hydroxylation is 1. The number of rotatable bonds is 2. The molecule has 0 aliphatic carbocycles. The summed E-state index contributed by atoms with van der Waals surface area (Å²) in [6.45, 7) is 2.12. The second kappa shape index (κ2) is 4.42. The van der Waals surface area contributed by atoms with Crippen molar-refractivity contribution in [2.24, 2.45) is 0 Å². The van der Waals surface area contributed by atoms with E-state index in [0.717, 1.165) is 23.1 Å². The summed E-state index contributed by atoms with van der Waals surface area (Å²) < 4.78 is 5.00. The van der Waals surface area contributed by atoms with Gasteiger partial charge < -0.3 is 9.17 Å². The first-order valence-electron chi connectivity index (χ1n) is 4.27. The quantitative estimate of drug-likeness (QED) is 0.573. The lowest BCUT2D eigenvalue weighted by molar-refractivity contribution is 0.666. The van der Waals surface area contributed by atoms with Gasteiger partial charge in [0.1, 0.15) is 5.75 Å². The number of hydrogen-bond donors (Lipinski definition) is 2. The fourth-order valence-corrected chi connectivity index (χ4v) is 1.73. The van der Waals surface area contributed by atoms with E-state index in [1.54, 1.807) is 0 Å². The molecule has 3 heteroatoms. The number of aromatic amines is 1.